The zero-order chi connectivity index (χ0) is 24.5. The van der Waals surface area contributed by atoms with Gasteiger partial charge >= 0.3 is 0 Å². The molecule has 8 nitrogen and oxygen atoms in total. The van der Waals surface area contributed by atoms with Crippen molar-refractivity contribution in [1.82, 2.24) is 35.0 Å². The second-order valence-corrected chi connectivity index (χ2v) is 8.89. The number of ether oxygens (including phenoxy) is 1. The van der Waals surface area contributed by atoms with Gasteiger partial charge in [-0.1, -0.05) is 18.2 Å². The summed E-state index contributed by atoms with van der Waals surface area (Å²) in [7, 11) is 4.04. The molecular formula is C28H25N7O. The highest BCUT2D eigenvalue weighted by molar-refractivity contribution is 6.00. The summed E-state index contributed by atoms with van der Waals surface area (Å²) in [6, 6.07) is 20.2. The molecule has 6 rings (SSSR count). The number of pyridine rings is 3. The predicted octanol–water partition coefficient (Wildman–Crippen LogP) is 5.17. The van der Waals surface area contributed by atoms with Crippen molar-refractivity contribution in [3.63, 3.8) is 0 Å². The van der Waals surface area contributed by atoms with Gasteiger partial charge < -0.3 is 14.6 Å². The maximum Gasteiger partial charge on any atom is 0.138 e. The standard InChI is InChI=1S/C28H25N7O/c1-35(2)12-13-36-19-14-18(16-29-17-19)22-9-10-25-27(32-22)28(34-33-25)26-15-21-20(6-5-8-24(21)31-26)23-7-3-4-11-30-23/h3-11,14-17,31H,12-13H2,1-2H3,(H,33,34). The van der Waals surface area contributed by atoms with Crippen LogP contribution < -0.4 is 4.74 Å². The fraction of sp³-hybridized carbons (Fsp3) is 0.143. The van der Waals surface area contributed by atoms with E-state index in [2.05, 4.69) is 48.2 Å². The van der Waals surface area contributed by atoms with Crippen molar-refractivity contribution in [1.29, 1.82) is 0 Å². The van der Waals surface area contributed by atoms with E-state index in [1.165, 1.54) is 0 Å². The van der Waals surface area contributed by atoms with Crippen LogP contribution in [0.25, 0.3) is 55.8 Å². The van der Waals surface area contributed by atoms with Crippen molar-refractivity contribution < 1.29 is 4.74 Å². The van der Waals surface area contributed by atoms with Gasteiger partial charge in [-0.15, -0.1) is 0 Å². The fourth-order valence-electron chi connectivity index (χ4n) is 4.26. The number of nitrogens with one attached hydrogen (secondary N) is 2. The molecule has 0 aliphatic heterocycles. The lowest BCUT2D eigenvalue weighted by molar-refractivity contribution is 0.261. The van der Waals surface area contributed by atoms with Crippen LogP contribution in [0.3, 0.4) is 0 Å². The van der Waals surface area contributed by atoms with Crippen LogP contribution in [0.15, 0.2) is 79.3 Å². The molecule has 0 saturated heterocycles. The first-order valence-corrected chi connectivity index (χ1v) is 11.8. The molecule has 0 fully saturated rings. The van der Waals surface area contributed by atoms with E-state index in [9.17, 15) is 0 Å². The first-order valence-electron chi connectivity index (χ1n) is 11.8. The predicted molar refractivity (Wildman–Crippen MR) is 142 cm³/mol. The summed E-state index contributed by atoms with van der Waals surface area (Å²) in [6.07, 6.45) is 5.34. The van der Waals surface area contributed by atoms with Gasteiger partial charge in [0.25, 0.3) is 0 Å². The number of fused-ring (bicyclic) bond motifs is 2. The minimum absolute atomic E-state index is 0.595. The van der Waals surface area contributed by atoms with E-state index in [0.717, 1.165) is 68.1 Å². The molecule has 0 unspecified atom stereocenters. The molecule has 2 N–H and O–H groups in total. The van der Waals surface area contributed by atoms with E-state index >= 15 is 0 Å². The molecule has 6 aromatic rings. The van der Waals surface area contributed by atoms with Crippen LogP contribution in [0.4, 0.5) is 0 Å². The van der Waals surface area contributed by atoms with E-state index in [4.69, 9.17) is 9.72 Å². The highest BCUT2D eigenvalue weighted by Crippen LogP contribution is 2.33. The summed E-state index contributed by atoms with van der Waals surface area (Å²) < 4.78 is 5.87. The number of aromatic amines is 2. The topological polar surface area (TPSA) is 95.6 Å². The molecule has 1 aromatic carbocycles. The lowest BCUT2D eigenvalue weighted by atomic mass is 10.1. The quantitative estimate of drug-likeness (QED) is 0.331. The Labute approximate surface area is 208 Å². The van der Waals surface area contributed by atoms with Crippen LogP contribution in [0.1, 0.15) is 0 Å². The Bertz CT molecular complexity index is 1650. The molecule has 0 spiro atoms. The summed E-state index contributed by atoms with van der Waals surface area (Å²) in [6.45, 7) is 1.43. The number of benzene rings is 1. The summed E-state index contributed by atoms with van der Waals surface area (Å²) in [5.41, 5.74) is 8.03. The van der Waals surface area contributed by atoms with Crippen molar-refractivity contribution in [3.8, 4) is 39.7 Å². The van der Waals surface area contributed by atoms with Gasteiger partial charge in [0.15, 0.2) is 0 Å². The van der Waals surface area contributed by atoms with Crippen LogP contribution in [0.2, 0.25) is 0 Å². The van der Waals surface area contributed by atoms with E-state index in [1.54, 1.807) is 12.4 Å². The number of rotatable bonds is 7. The molecule has 178 valence electrons. The molecule has 0 saturated carbocycles. The smallest absolute Gasteiger partial charge is 0.138 e. The number of nitrogens with zero attached hydrogens (tertiary/aromatic N) is 5. The monoisotopic (exact) mass is 475 g/mol. The van der Waals surface area contributed by atoms with Gasteiger partial charge in [-0.25, -0.2) is 4.98 Å². The number of hydrogen-bond acceptors (Lipinski definition) is 6. The zero-order valence-corrected chi connectivity index (χ0v) is 20.1. The first kappa shape index (κ1) is 21.9. The SMILES string of the molecule is CN(C)CCOc1cncc(-c2ccc3[nH]nc(-c4cc5c(-c6ccccn6)cccc5[nH]4)c3n2)c1. The summed E-state index contributed by atoms with van der Waals surface area (Å²) in [4.78, 5) is 19.4. The molecule has 0 bridgehead atoms. The van der Waals surface area contributed by atoms with Crippen LogP contribution in [0, 0.1) is 0 Å². The molecule has 0 radical (unpaired) electrons. The first-order chi connectivity index (χ1) is 17.7. The van der Waals surface area contributed by atoms with Crippen molar-refractivity contribution >= 4 is 21.9 Å². The minimum Gasteiger partial charge on any atom is -0.491 e. The molecule has 36 heavy (non-hydrogen) atoms. The number of aromatic nitrogens is 6. The van der Waals surface area contributed by atoms with Gasteiger partial charge in [-0.2, -0.15) is 5.10 Å². The number of hydrogen-bond donors (Lipinski definition) is 2. The van der Waals surface area contributed by atoms with Crippen molar-refractivity contribution in [2.75, 3.05) is 27.2 Å². The third-order valence-electron chi connectivity index (χ3n) is 6.08. The van der Waals surface area contributed by atoms with E-state index in [1.807, 2.05) is 62.8 Å². The Hall–Kier alpha value is -4.56. The Balaban J connectivity index is 1.38. The molecule has 8 heteroatoms. The fourth-order valence-corrected chi connectivity index (χ4v) is 4.26. The van der Waals surface area contributed by atoms with Gasteiger partial charge in [0, 0.05) is 41.0 Å². The van der Waals surface area contributed by atoms with Gasteiger partial charge in [0.2, 0.25) is 0 Å². The van der Waals surface area contributed by atoms with Crippen molar-refractivity contribution in [3.05, 3.63) is 79.3 Å². The Kier molecular flexibility index (Phi) is 5.63. The maximum atomic E-state index is 5.87. The highest BCUT2D eigenvalue weighted by atomic mass is 16.5. The van der Waals surface area contributed by atoms with Gasteiger partial charge in [0.1, 0.15) is 23.6 Å². The summed E-state index contributed by atoms with van der Waals surface area (Å²) in [5, 5.41) is 8.80. The number of H-pyrrole nitrogens is 2. The molecule has 0 aliphatic carbocycles. The molecule has 0 aliphatic rings. The van der Waals surface area contributed by atoms with Gasteiger partial charge in [0.05, 0.1) is 28.8 Å². The van der Waals surface area contributed by atoms with E-state index in [-0.39, 0.29) is 0 Å². The molecule has 0 atom stereocenters. The zero-order valence-electron chi connectivity index (χ0n) is 20.1. The third-order valence-corrected chi connectivity index (χ3v) is 6.08. The van der Waals surface area contributed by atoms with Crippen molar-refractivity contribution in [2.45, 2.75) is 0 Å². The molecule has 0 amide bonds. The van der Waals surface area contributed by atoms with Gasteiger partial charge in [-0.05, 0) is 56.6 Å². The summed E-state index contributed by atoms with van der Waals surface area (Å²) in [5.74, 6) is 0.723. The van der Waals surface area contributed by atoms with Crippen LogP contribution in [0.5, 0.6) is 5.75 Å². The summed E-state index contributed by atoms with van der Waals surface area (Å²) >= 11 is 0. The van der Waals surface area contributed by atoms with Crippen LogP contribution in [-0.4, -0.2) is 62.3 Å². The largest absolute Gasteiger partial charge is 0.491 e. The van der Waals surface area contributed by atoms with E-state index in [0.29, 0.717) is 6.61 Å². The average Bonchev–Trinajstić information content (AvgIpc) is 3.53. The molecule has 5 heterocycles. The van der Waals surface area contributed by atoms with Crippen LogP contribution in [-0.2, 0) is 0 Å². The second-order valence-electron chi connectivity index (χ2n) is 8.89. The maximum absolute atomic E-state index is 5.87. The normalized spacial score (nSPS) is 11.5. The van der Waals surface area contributed by atoms with Gasteiger partial charge in [-0.3, -0.25) is 15.1 Å². The minimum atomic E-state index is 0.595. The van der Waals surface area contributed by atoms with Crippen molar-refractivity contribution in [2.24, 2.45) is 0 Å². The molecule has 5 aromatic heterocycles. The number of likely N-dealkylation sites (N-methyl/N-ethyl adjacent to an activating group) is 1. The second kappa shape index (κ2) is 9.24. The lowest BCUT2D eigenvalue weighted by Gasteiger charge is -2.11. The Morgan fingerprint density at radius 2 is 1.86 bits per heavy atom. The third kappa shape index (κ3) is 4.18. The Morgan fingerprint density at radius 1 is 0.917 bits per heavy atom. The Morgan fingerprint density at radius 3 is 2.72 bits per heavy atom. The highest BCUT2D eigenvalue weighted by Gasteiger charge is 2.16. The van der Waals surface area contributed by atoms with Crippen LogP contribution >= 0.6 is 0 Å². The average molecular weight is 476 g/mol. The lowest BCUT2D eigenvalue weighted by Crippen LogP contribution is -2.19. The van der Waals surface area contributed by atoms with E-state index < -0.39 is 0 Å². The molecular weight excluding hydrogens is 450 g/mol.